The third-order valence-electron chi connectivity index (χ3n) is 5.47. The second-order valence-electron chi connectivity index (χ2n) is 7.69. The monoisotopic (exact) mass is 478 g/mol. The second-order valence-corrected chi connectivity index (χ2v) is 8.70. The summed E-state index contributed by atoms with van der Waals surface area (Å²) in [6.07, 6.45) is 0. The van der Waals surface area contributed by atoms with E-state index in [9.17, 15) is 19.1 Å². The Morgan fingerprint density at radius 2 is 1.97 bits per heavy atom. The number of halogens is 1. The molecule has 3 heterocycles. The Bertz CT molecular complexity index is 1450. The maximum atomic E-state index is 13.7. The number of aryl methyl sites for hydroxylation is 1. The van der Waals surface area contributed by atoms with Gasteiger partial charge in [0.2, 0.25) is 5.78 Å². The maximum Gasteiger partial charge on any atom is 0.296 e. The number of Topliss-reactive ketones (excluding diaryl/α,β-unsaturated/α-hetero) is 1. The second kappa shape index (κ2) is 8.42. The quantitative estimate of drug-likeness (QED) is 0.367. The van der Waals surface area contributed by atoms with Gasteiger partial charge in [-0.1, -0.05) is 23.5 Å². The number of thiazole rings is 1. The molecule has 172 valence electrons. The van der Waals surface area contributed by atoms with Crippen molar-refractivity contribution < 1.29 is 28.2 Å². The molecule has 1 aliphatic rings. The molecule has 1 N–H and O–H groups in total. The van der Waals surface area contributed by atoms with Crippen molar-refractivity contribution in [3.05, 3.63) is 88.8 Å². The summed E-state index contributed by atoms with van der Waals surface area (Å²) in [5, 5.41) is 11.1. The molecule has 0 bridgehead atoms. The van der Waals surface area contributed by atoms with E-state index >= 15 is 0 Å². The van der Waals surface area contributed by atoms with E-state index in [1.807, 2.05) is 13.0 Å². The number of nitrogens with zero attached hydrogens (tertiary/aromatic N) is 2. The van der Waals surface area contributed by atoms with Crippen molar-refractivity contribution in [1.29, 1.82) is 0 Å². The number of aliphatic hydroxyl groups is 1. The van der Waals surface area contributed by atoms with E-state index < -0.39 is 29.3 Å². The number of carbonyl (C=O) groups excluding carboxylic acids is 2. The molecule has 1 atom stereocenters. The van der Waals surface area contributed by atoms with Gasteiger partial charge in [0.15, 0.2) is 16.7 Å². The number of hydrogen-bond acceptors (Lipinski definition) is 7. The van der Waals surface area contributed by atoms with Gasteiger partial charge in [0.1, 0.15) is 17.3 Å². The van der Waals surface area contributed by atoms with Crippen molar-refractivity contribution >= 4 is 38.4 Å². The lowest BCUT2D eigenvalue weighted by atomic mass is 9.95. The molecule has 0 radical (unpaired) electrons. The SMILES string of the molecule is CCOc1ccc2nc(N3C(=O)C(O)=C(C(=O)c4ccc(C)o4)[C@@H]3c3ccc(F)cc3)sc2c1. The smallest absolute Gasteiger partial charge is 0.296 e. The van der Waals surface area contributed by atoms with Crippen LogP contribution in [0.15, 0.2) is 70.3 Å². The summed E-state index contributed by atoms with van der Waals surface area (Å²) in [6, 6.07) is 12.9. The highest BCUT2D eigenvalue weighted by Gasteiger charge is 2.46. The highest BCUT2D eigenvalue weighted by Crippen LogP contribution is 2.44. The minimum absolute atomic E-state index is 0.00790. The number of benzene rings is 2. The average molecular weight is 479 g/mol. The normalized spacial score (nSPS) is 16.0. The van der Waals surface area contributed by atoms with Crippen LogP contribution in [-0.2, 0) is 4.79 Å². The van der Waals surface area contributed by atoms with Crippen LogP contribution in [0.3, 0.4) is 0 Å². The predicted octanol–water partition coefficient (Wildman–Crippen LogP) is 5.52. The molecule has 4 aromatic rings. The summed E-state index contributed by atoms with van der Waals surface area (Å²) in [5.41, 5.74) is 0.926. The van der Waals surface area contributed by atoms with Crippen LogP contribution >= 0.6 is 11.3 Å². The van der Waals surface area contributed by atoms with E-state index in [2.05, 4.69) is 4.98 Å². The third-order valence-corrected chi connectivity index (χ3v) is 6.49. The fourth-order valence-electron chi connectivity index (χ4n) is 3.94. The molecular weight excluding hydrogens is 459 g/mol. The summed E-state index contributed by atoms with van der Waals surface area (Å²) in [6.45, 7) is 4.07. The van der Waals surface area contributed by atoms with Crippen molar-refractivity contribution in [3.63, 3.8) is 0 Å². The van der Waals surface area contributed by atoms with Gasteiger partial charge in [-0.2, -0.15) is 0 Å². The van der Waals surface area contributed by atoms with E-state index in [-0.39, 0.29) is 16.5 Å². The van der Waals surface area contributed by atoms with Gasteiger partial charge in [-0.25, -0.2) is 9.37 Å². The molecule has 0 unspecified atom stereocenters. The van der Waals surface area contributed by atoms with Crippen LogP contribution < -0.4 is 9.64 Å². The van der Waals surface area contributed by atoms with Gasteiger partial charge < -0.3 is 14.3 Å². The topological polar surface area (TPSA) is 92.9 Å². The molecule has 0 saturated heterocycles. The Morgan fingerprint density at radius 1 is 1.21 bits per heavy atom. The van der Waals surface area contributed by atoms with Gasteiger partial charge >= 0.3 is 0 Å². The van der Waals surface area contributed by atoms with Gasteiger partial charge in [-0.05, 0) is 61.9 Å². The lowest BCUT2D eigenvalue weighted by Gasteiger charge is -2.24. The molecular formula is C25H19FN2O5S. The van der Waals surface area contributed by atoms with Gasteiger partial charge in [0.05, 0.1) is 28.4 Å². The van der Waals surface area contributed by atoms with Crippen LogP contribution in [0.2, 0.25) is 0 Å². The highest BCUT2D eigenvalue weighted by molar-refractivity contribution is 7.22. The fourth-order valence-corrected chi connectivity index (χ4v) is 4.96. The maximum absolute atomic E-state index is 13.7. The lowest BCUT2D eigenvalue weighted by Crippen LogP contribution is -2.30. The predicted molar refractivity (Wildman–Crippen MR) is 125 cm³/mol. The lowest BCUT2D eigenvalue weighted by molar-refractivity contribution is -0.117. The standard InChI is InChI=1S/C25H19FN2O5S/c1-3-32-16-9-10-17-19(12-16)34-25(27-17)28-21(14-5-7-15(26)8-6-14)20(23(30)24(28)31)22(29)18-11-4-13(2)33-18/h4-12,21,30H,3H2,1-2H3/t21-/m0/s1. The van der Waals surface area contributed by atoms with Crippen molar-refractivity contribution in [3.8, 4) is 5.75 Å². The first kappa shape index (κ1) is 21.8. The first-order valence-electron chi connectivity index (χ1n) is 10.5. The number of aromatic nitrogens is 1. The average Bonchev–Trinajstić information content (AvgIpc) is 3.50. The first-order valence-corrected chi connectivity index (χ1v) is 11.4. The molecule has 0 saturated carbocycles. The molecule has 2 aromatic heterocycles. The van der Waals surface area contributed by atoms with Crippen LogP contribution in [0.5, 0.6) is 5.75 Å². The van der Waals surface area contributed by atoms with Crippen LogP contribution in [0.1, 0.15) is 34.8 Å². The summed E-state index contributed by atoms with van der Waals surface area (Å²) in [5.74, 6) is -1.39. The van der Waals surface area contributed by atoms with Gasteiger partial charge in [-0.3, -0.25) is 14.5 Å². The minimum atomic E-state index is -1.02. The highest BCUT2D eigenvalue weighted by atomic mass is 32.1. The number of carbonyl (C=O) groups is 2. The Labute approximate surface area is 197 Å². The van der Waals surface area contributed by atoms with Crippen molar-refractivity contribution in [2.45, 2.75) is 19.9 Å². The Kier molecular flexibility index (Phi) is 5.41. The number of rotatable bonds is 6. The number of anilines is 1. The van der Waals surface area contributed by atoms with Gasteiger partial charge in [0, 0.05) is 0 Å². The van der Waals surface area contributed by atoms with Crippen molar-refractivity contribution in [2.75, 3.05) is 11.5 Å². The summed E-state index contributed by atoms with van der Waals surface area (Å²) >= 11 is 1.22. The molecule has 7 nitrogen and oxygen atoms in total. The molecule has 1 aliphatic heterocycles. The Balaban J connectivity index is 1.64. The van der Waals surface area contributed by atoms with E-state index in [0.29, 0.717) is 29.2 Å². The van der Waals surface area contributed by atoms with Crippen LogP contribution in [0.25, 0.3) is 10.2 Å². The number of aliphatic hydroxyl groups excluding tert-OH is 1. The van der Waals surface area contributed by atoms with E-state index in [0.717, 1.165) is 4.70 Å². The van der Waals surface area contributed by atoms with Crippen molar-refractivity contribution in [1.82, 2.24) is 4.98 Å². The number of ether oxygens (including phenoxy) is 1. The molecule has 34 heavy (non-hydrogen) atoms. The summed E-state index contributed by atoms with van der Waals surface area (Å²) in [7, 11) is 0. The molecule has 0 fully saturated rings. The summed E-state index contributed by atoms with van der Waals surface area (Å²) in [4.78, 5) is 32.4. The minimum Gasteiger partial charge on any atom is -0.503 e. The molecule has 2 aromatic carbocycles. The first-order chi connectivity index (χ1) is 16.4. The molecule has 5 rings (SSSR count). The number of ketones is 1. The fraction of sp³-hybridized carbons (Fsp3) is 0.160. The largest absolute Gasteiger partial charge is 0.503 e. The van der Waals surface area contributed by atoms with Crippen LogP contribution in [-0.4, -0.2) is 28.4 Å². The van der Waals surface area contributed by atoms with E-state index in [1.165, 1.54) is 46.6 Å². The summed E-state index contributed by atoms with van der Waals surface area (Å²) < 4.78 is 25.4. The van der Waals surface area contributed by atoms with Gasteiger partial charge in [-0.15, -0.1) is 0 Å². The van der Waals surface area contributed by atoms with E-state index in [1.54, 1.807) is 25.1 Å². The van der Waals surface area contributed by atoms with Gasteiger partial charge in [0.25, 0.3) is 5.91 Å². The Morgan fingerprint density at radius 3 is 2.65 bits per heavy atom. The number of amides is 1. The molecule has 0 aliphatic carbocycles. The third kappa shape index (κ3) is 3.63. The zero-order valence-electron chi connectivity index (χ0n) is 18.2. The van der Waals surface area contributed by atoms with Crippen molar-refractivity contribution in [2.24, 2.45) is 0 Å². The zero-order valence-corrected chi connectivity index (χ0v) is 19.1. The van der Waals surface area contributed by atoms with Crippen LogP contribution in [0, 0.1) is 12.7 Å². The Hall–Kier alpha value is -3.98. The number of fused-ring (bicyclic) bond motifs is 1. The molecule has 1 amide bonds. The van der Waals surface area contributed by atoms with E-state index in [4.69, 9.17) is 9.15 Å². The zero-order chi connectivity index (χ0) is 24.0. The molecule has 9 heteroatoms. The number of hydrogen-bond donors (Lipinski definition) is 1. The molecule has 0 spiro atoms. The number of furan rings is 1. The van der Waals surface area contributed by atoms with Crippen LogP contribution in [0.4, 0.5) is 9.52 Å².